The zero-order valence-corrected chi connectivity index (χ0v) is 12.2. The van der Waals surface area contributed by atoms with Crippen LogP contribution in [0.15, 0.2) is 28.7 Å². The first-order valence-corrected chi connectivity index (χ1v) is 6.76. The minimum Gasteiger partial charge on any atom is -0.356 e. The first-order valence-electron chi connectivity index (χ1n) is 5.97. The van der Waals surface area contributed by atoms with E-state index in [0.29, 0.717) is 6.54 Å². The van der Waals surface area contributed by atoms with E-state index in [0.717, 1.165) is 16.7 Å². The largest absolute Gasteiger partial charge is 0.356 e. The highest BCUT2D eigenvalue weighted by Gasteiger charge is 2.37. The van der Waals surface area contributed by atoms with E-state index in [-0.39, 0.29) is 17.5 Å². The third kappa shape index (κ3) is 2.67. The van der Waals surface area contributed by atoms with Crippen LogP contribution in [0.3, 0.4) is 0 Å². The van der Waals surface area contributed by atoms with Crippen molar-refractivity contribution >= 4 is 27.5 Å². The molecule has 3 N–H and O–H groups in total. The third-order valence-corrected chi connectivity index (χ3v) is 3.56. The van der Waals surface area contributed by atoms with Crippen molar-refractivity contribution in [1.82, 2.24) is 5.32 Å². The minimum atomic E-state index is -0.299. The molecule has 1 fully saturated rings. The van der Waals surface area contributed by atoms with Crippen molar-refractivity contribution in [1.29, 1.82) is 0 Å². The van der Waals surface area contributed by atoms with E-state index in [1.165, 1.54) is 0 Å². The normalized spacial score (nSPS) is 22.8. The molecule has 1 aliphatic heterocycles. The molecule has 0 saturated carbocycles. The topological polar surface area (TPSA) is 58.4 Å². The molecule has 1 aromatic rings. The molecule has 4 nitrogen and oxygen atoms in total. The van der Waals surface area contributed by atoms with Gasteiger partial charge in [0.1, 0.15) is 6.04 Å². The van der Waals surface area contributed by atoms with Crippen LogP contribution in [0.4, 0.5) is 5.69 Å². The monoisotopic (exact) mass is 311 g/mol. The molecular weight excluding hydrogens is 294 g/mol. The number of anilines is 1. The van der Waals surface area contributed by atoms with Gasteiger partial charge < -0.3 is 16.0 Å². The molecule has 1 heterocycles. The van der Waals surface area contributed by atoms with Gasteiger partial charge in [-0.1, -0.05) is 22.0 Å². The Morgan fingerprint density at radius 1 is 1.56 bits per heavy atom. The molecule has 2 rings (SSSR count). The average molecular weight is 312 g/mol. The Balaban J connectivity index is 2.36. The zero-order chi connectivity index (χ0) is 13.3. The van der Waals surface area contributed by atoms with Crippen LogP contribution < -0.4 is 16.0 Å². The van der Waals surface area contributed by atoms with Crippen LogP contribution in [0.25, 0.3) is 0 Å². The van der Waals surface area contributed by atoms with Crippen molar-refractivity contribution in [3.8, 4) is 0 Å². The molecule has 1 amide bonds. The zero-order valence-electron chi connectivity index (χ0n) is 10.6. The molecule has 5 heteroatoms. The first kappa shape index (κ1) is 13.4. The quantitative estimate of drug-likeness (QED) is 0.870. The molecule has 98 valence electrons. The van der Waals surface area contributed by atoms with Gasteiger partial charge in [-0.2, -0.15) is 0 Å². The highest BCUT2D eigenvalue weighted by Crippen LogP contribution is 2.26. The number of nitrogens with one attached hydrogen (secondary N) is 1. The van der Waals surface area contributed by atoms with Crippen LogP contribution in [0.2, 0.25) is 0 Å². The number of amides is 1. The Kier molecular flexibility index (Phi) is 3.64. The smallest absolute Gasteiger partial charge is 0.244 e. The molecule has 1 saturated heterocycles. The molecule has 1 aromatic carbocycles. The van der Waals surface area contributed by atoms with E-state index < -0.39 is 0 Å². The SMILES string of the molecule is CC1(C)CN(c2cccc(Br)c2)C(CN)C(=O)N1. The number of nitrogens with two attached hydrogens (primary N) is 1. The van der Waals surface area contributed by atoms with Crippen molar-refractivity contribution in [3.05, 3.63) is 28.7 Å². The van der Waals surface area contributed by atoms with E-state index >= 15 is 0 Å². The lowest BCUT2D eigenvalue weighted by molar-refractivity contribution is -0.125. The van der Waals surface area contributed by atoms with Crippen LogP contribution in [0, 0.1) is 0 Å². The van der Waals surface area contributed by atoms with Crippen molar-refractivity contribution in [3.63, 3.8) is 0 Å². The predicted molar refractivity (Wildman–Crippen MR) is 76.6 cm³/mol. The lowest BCUT2D eigenvalue weighted by Crippen LogP contribution is -2.66. The number of hydrogen-bond donors (Lipinski definition) is 2. The summed E-state index contributed by atoms with van der Waals surface area (Å²) in [4.78, 5) is 14.1. The van der Waals surface area contributed by atoms with E-state index in [1.54, 1.807) is 0 Å². The van der Waals surface area contributed by atoms with Gasteiger partial charge in [0.2, 0.25) is 5.91 Å². The lowest BCUT2D eigenvalue weighted by atomic mass is 9.97. The lowest BCUT2D eigenvalue weighted by Gasteiger charge is -2.44. The van der Waals surface area contributed by atoms with Gasteiger partial charge in [-0.15, -0.1) is 0 Å². The van der Waals surface area contributed by atoms with Crippen molar-refractivity contribution < 1.29 is 4.79 Å². The maximum absolute atomic E-state index is 12.1. The molecule has 0 spiro atoms. The van der Waals surface area contributed by atoms with E-state index in [1.807, 2.05) is 38.1 Å². The molecule has 0 aliphatic carbocycles. The second-order valence-corrected chi connectivity index (χ2v) is 6.15. The summed E-state index contributed by atoms with van der Waals surface area (Å²) in [7, 11) is 0. The minimum absolute atomic E-state index is 0.00581. The summed E-state index contributed by atoms with van der Waals surface area (Å²) < 4.78 is 1.000. The summed E-state index contributed by atoms with van der Waals surface area (Å²) in [6, 6.07) is 7.65. The summed E-state index contributed by atoms with van der Waals surface area (Å²) in [5, 5.41) is 3.00. The van der Waals surface area contributed by atoms with Crippen LogP contribution >= 0.6 is 15.9 Å². The highest BCUT2D eigenvalue weighted by molar-refractivity contribution is 9.10. The maximum Gasteiger partial charge on any atom is 0.244 e. The van der Waals surface area contributed by atoms with Crippen LogP contribution in [-0.2, 0) is 4.79 Å². The van der Waals surface area contributed by atoms with Gasteiger partial charge in [0.25, 0.3) is 0 Å². The standard InChI is InChI=1S/C13H18BrN3O/c1-13(2)8-17(11(7-15)12(18)16-13)10-5-3-4-9(14)6-10/h3-6,11H,7-8,15H2,1-2H3,(H,16,18). The van der Waals surface area contributed by atoms with Crippen molar-refractivity contribution in [2.45, 2.75) is 25.4 Å². The van der Waals surface area contributed by atoms with Gasteiger partial charge in [-0.25, -0.2) is 0 Å². The number of nitrogens with zero attached hydrogens (tertiary/aromatic N) is 1. The number of carbonyl (C=O) groups excluding carboxylic acids is 1. The Bertz CT molecular complexity index is 461. The highest BCUT2D eigenvalue weighted by atomic mass is 79.9. The summed E-state index contributed by atoms with van der Waals surface area (Å²) in [5.41, 5.74) is 6.51. The summed E-state index contributed by atoms with van der Waals surface area (Å²) in [6.07, 6.45) is 0. The molecule has 0 bridgehead atoms. The van der Waals surface area contributed by atoms with Crippen LogP contribution in [0.1, 0.15) is 13.8 Å². The second kappa shape index (κ2) is 4.90. The maximum atomic E-state index is 12.1. The van der Waals surface area contributed by atoms with Crippen molar-refractivity contribution in [2.24, 2.45) is 5.73 Å². The Morgan fingerprint density at radius 2 is 2.28 bits per heavy atom. The number of piperazine rings is 1. The van der Waals surface area contributed by atoms with E-state index in [2.05, 4.69) is 26.1 Å². The summed E-state index contributed by atoms with van der Waals surface area (Å²) in [5.74, 6) is -0.00581. The fourth-order valence-electron chi connectivity index (χ4n) is 2.29. The fourth-order valence-corrected chi connectivity index (χ4v) is 2.68. The number of hydrogen-bond acceptors (Lipinski definition) is 3. The second-order valence-electron chi connectivity index (χ2n) is 5.23. The Hall–Kier alpha value is -1.07. The molecule has 1 aliphatic rings. The summed E-state index contributed by atoms with van der Waals surface area (Å²) >= 11 is 3.46. The molecular formula is C13H18BrN3O. The average Bonchev–Trinajstić information content (AvgIpc) is 2.27. The Morgan fingerprint density at radius 3 is 2.89 bits per heavy atom. The molecule has 1 atom stereocenters. The van der Waals surface area contributed by atoms with Crippen LogP contribution in [-0.4, -0.2) is 30.6 Å². The number of benzene rings is 1. The molecule has 18 heavy (non-hydrogen) atoms. The Labute approximate surface area is 116 Å². The van der Waals surface area contributed by atoms with Crippen LogP contribution in [0.5, 0.6) is 0 Å². The van der Waals surface area contributed by atoms with Gasteiger partial charge in [-0.05, 0) is 32.0 Å². The van der Waals surface area contributed by atoms with E-state index in [4.69, 9.17) is 5.73 Å². The van der Waals surface area contributed by atoms with Crippen molar-refractivity contribution in [2.75, 3.05) is 18.0 Å². The predicted octanol–water partition coefficient (Wildman–Crippen LogP) is 1.49. The van der Waals surface area contributed by atoms with Gasteiger partial charge in [0, 0.05) is 23.2 Å². The van der Waals surface area contributed by atoms with Gasteiger partial charge >= 0.3 is 0 Å². The summed E-state index contributed by atoms with van der Waals surface area (Å²) in [6.45, 7) is 5.09. The molecule has 1 unspecified atom stereocenters. The molecule has 0 radical (unpaired) electrons. The van der Waals surface area contributed by atoms with Gasteiger partial charge in [0.15, 0.2) is 0 Å². The van der Waals surface area contributed by atoms with E-state index in [9.17, 15) is 4.79 Å². The number of rotatable bonds is 2. The third-order valence-electron chi connectivity index (χ3n) is 3.07. The van der Waals surface area contributed by atoms with Gasteiger partial charge in [0.05, 0.1) is 5.54 Å². The molecule has 0 aromatic heterocycles. The number of halogens is 1. The fraction of sp³-hybridized carbons (Fsp3) is 0.462. The first-order chi connectivity index (χ1) is 8.43. The number of carbonyl (C=O) groups is 1. The van der Waals surface area contributed by atoms with Gasteiger partial charge in [-0.3, -0.25) is 4.79 Å².